The zero-order valence-electron chi connectivity index (χ0n) is 8.16. The van der Waals surface area contributed by atoms with Gasteiger partial charge in [0.1, 0.15) is 5.82 Å². The van der Waals surface area contributed by atoms with Crippen molar-refractivity contribution < 1.29 is 4.39 Å². The molecule has 0 fully saturated rings. The SMILES string of the molecule is Cc1cccc(-c2cnn(C)c2)c1F. The molecule has 0 aliphatic carbocycles. The van der Waals surface area contributed by atoms with Gasteiger partial charge in [0.25, 0.3) is 0 Å². The van der Waals surface area contributed by atoms with Crippen LogP contribution in [0.15, 0.2) is 30.6 Å². The molecule has 0 atom stereocenters. The maximum Gasteiger partial charge on any atom is 0.134 e. The third-order valence-electron chi connectivity index (χ3n) is 2.21. The maximum atomic E-state index is 13.7. The first kappa shape index (κ1) is 8.94. The van der Waals surface area contributed by atoms with Crippen LogP contribution in [0, 0.1) is 12.7 Å². The first-order valence-corrected chi connectivity index (χ1v) is 4.42. The highest BCUT2D eigenvalue weighted by Crippen LogP contribution is 2.23. The first-order valence-electron chi connectivity index (χ1n) is 4.42. The van der Waals surface area contributed by atoms with Crippen LogP contribution in [0.25, 0.3) is 11.1 Å². The average molecular weight is 190 g/mol. The fourth-order valence-electron chi connectivity index (χ4n) is 1.43. The van der Waals surface area contributed by atoms with Crippen molar-refractivity contribution >= 4 is 0 Å². The summed E-state index contributed by atoms with van der Waals surface area (Å²) in [6.07, 6.45) is 3.47. The van der Waals surface area contributed by atoms with E-state index in [-0.39, 0.29) is 5.82 Å². The van der Waals surface area contributed by atoms with Gasteiger partial charge in [0.2, 0.25) is 0 Å². The van der Waals surface area contributed by atoms with E-state index in [2.05, 4.69) is 5.10 Å². The second kappa shape index (κ2) is 3.25. The van der Waals surface area contributed by atoms with E-state index in [1.165, 1.54) is 0 Å². The van der Waals surface area contributed by atoms with Crippen LogP contribution < -0.4 is 0 Å². The molecule has 2 nitrogen and oxygen atoms in total. The highest BCUT2D eigenvalue weighted by molar-refractivity contribution is 5.63. The van der Waals surface area contributed by atoms with Gasteiger partial charge in [-0.15, -0.1) is 0 Å². The standard InChI is InChI=1S/C11H11FN2/c1-8-4-3-5-10(11(8)12)9-6-13-14(2)7-9/h3-7H,1-2H3. The van der Waals surface area contributed by atoms with Crippen molar-refractivity contribution in [3.05, 3.63) is 42.0 Å². The van der Waals surface area contributed by atoms with E-state index in [1.54, 1.807) is 36.1 Å². The van der Waals surface area contributed by atoms with Gasteiger partial charge in [-0.1, -0.05) is 18.2 Å². The Balaban J connectivity index is 2.57. The number of halogens is 1. The van der Waals surface area contributed by atoms with Crippen LogP contribution in [0.2, 0.25) is 0 Å². The molecule has 0 aliphatic rings. The van der Waals surface area contributed by atoms with E-state index in [0.29, 0.717) is 11.1 Å². The average Bonchev–Trinajstić information content (AvgIpc) is 2.57. The Morgan fingerprint density at radius 1 is 1.36 bits per heavy atom. The van der Waals surface area contributed by atoms with Crippen LogP contribution in [0.5, 0.6) is 0 Å². The summed E-state index contributed by atoms with van der Waals surface area (Å²) in [5, 5.41) is 4.01. The number of nitrogens with zero attached hydrogens (tertiary/aromatic N) is 2. The Morgan fingerprint density at radius 3 is 2.79 bits per heavy atom. The minimum absolute atomic E-state index is 0.166. The van der Waals surface area contributed by atoms with Crippen LogP contribution in [0.3, 0.4) is 0 Å². The zero-order chi connectivity index (χ0) is 10.1. The molecular weight excluding hydrogens is 179 g/mol. The molecule has 0 amide bonds. The van der Waals surface area contributed by atoms with E-state index >= 15 is 0 Å². The molecule has 1 heterocycles. The summed E-state index contributed by atoms with van der Waals surface area (Å²) >= 11 is 0. The molecular formula is C11H11FN2. The summed E-state index contributed by atoms with van der Waals surface area (Å²) < 4.78 is 15.3. The van der Waals surface area contributed by atoms with Crippen molar-refractivity contribution in [1.82, 2.24) is 9.78 Å². The van der Waals surface area contributed by atoms with Gasteiger partial charge in [-0.2, -0.15) is 5.10 Å². The number of rotatable bonds is 1. The Hall–Kier alpha value is -1.64. The van der Waals surface area contributed by atoms with Crippen LogP contribution in [-0.2, 0) is 7.05 Å². The Morgan fingerprint density at radius 2 is 2.14 bits per heavy atom. The molecule has 0 unspecified atom stereocenters. The van der Waals surface area contributed by atoms with Crippen molar-refractivity contribution in [3.8, 4) is 11.1 Å². The Bertz CT molecular complexity index is 460. The lowest BCUT2D eigenvalue weighted by Crippen LogP contribution is -1.87. The summed E-state index contributed by atoms with van der Waals surface area (Å²) in [5.74, 6) is -0.166. The highest BCUT2D eigenvalue weighted by Gasteiger charge is 2.07. The van der Waals surface area contributed by atoms with Crippen LogP contribution in [-0.4, -0.2) is 9.78 Å². The monoisotopic (exact) mass is 190 g/mol. The minimum atomic E-state index is -0.166. The molecule has 0 saturated heterocycles. The lowest BCUT2D eigenvalue weighted by atomic mass is 10.1. The molecule has 0 N–H and O–H groups in total. The van der Waals surface area contributed by atoms with Crippen LogP contribution >= 0.6 is 0 Å². The van der Waals surface area contributed by atoms with Crippen LogP contribution in [0.1, 0.15) is 5.56 Å². The maximum absolute atomic E-state index is 13.7. The van der Waals surface area contributed by atoms with Crippen molar-refractivity contribution in [2.75, 3.05) is 0 Å². The summed E-state index contributed by atoms with van der Waals surface area (Å²) in [6, 6.07) is 5.37. The molecule has 72 valence electrons. The van der Waals surface area contributed by atoms with Gasteiger partial charge in [-0.05, 0) is 12.5 Å². The predicted molar refractivity (Wildman–Crippen MR) is 53.3 cm³/mol. The molecule has 2 aromatic rings. The van der Waals surface area contributed by atoms with E-state index < -0.39 is 0 Å². The number of aromatic nitrogens is 2. The van der Waals surface area contributed by atoms with Crippen molar-refractivity contribution in [1.29, 1.82) is 0 Å². The second-order valence-corrected chi connectivity index (χ2v) is 3.34. The van der Waals surface area contributed by atoms with E-state index in [4.69, 9.17) is 0 Å². The summed E-state index contributed by atoms with van der Waals surface area (Å²) in [7, 11) is 1.82. The van der Waals surface area contributed by atoms with Crippen LogP contribution in [0.4, 0.5) is 4.39 Å². The minimum Gasteiger partial charge on any atom is -0.275 e. The quantitative estimate of drug-likeness (QED) is 0.675. The molecule has 2 rings (SSSR count). The third kappa shape index (κ3) is 1.41. The van der Waals surface area contributed by atoms with Crippen molar-refractivity contribution in [3.63, 3.8) is 0 Å². The highest BCUT2D eigenvalue weighted by atomic mass is 19.1. The first-order chi connectivity index (χ1) is 6.68. The number of hydrogen-bond donors (Lipinski definition) is 0. The molecule has 0 saturated carbocycles. The molecule has 0 spiro atoms. The number of hydrogen-bond acceptors (Lipinski definition) is 1. The fourth-order valence-corrected chi connectivity index (χ4v) is 1.43. The molecule has 14 heavy (non-hydrogen) atoms. The van der Waals surface area contributed by atoms with E-state index in [9.17, 15) is 4.39 Å². The Kier molecular flexibility index (Phi) is 2.08. The topological polar surface area (TPSA) is 17.8 Å². The summed E-state index contributed by atoms with van der Waals surface area (Å²) in [6.45, 7) is 1.76. The summed E-state index contributed by atoms with van der Waals surface area (Å²) in [4.78, 5) is 0. The van der Waals surface area contributed by atoms with Crippen molar-refractivity contribution in [2.24, 2.45) is 7.05 Å². The zero-order valence-corrected chi connectivity index (χ0v) is 8.16. The molecule has 1 aromatic heterocycles. The third-order valence-corrected chi connectivity index (χ3v) is 2.21. The fraction of sp³-hybridized carbons (Fsp3) is 0.182. The van der Waals surface area contributed by atoms with Crippen molar-refractivity contribution in [2.45, 2.75) is 6.92 Å². The summed E-state index contributed by atoms with van der Waals surface area (Å²) in [5.41, 5.74) is 2.08. The lowest BCUT2D eigenvalue weighted by molar-refractivity contribution is 0.622. The molecule has 0 radical (unpaired) electrons. The van der Waals surface area contributed by atoms with Gasteiger partial charge in [0, 0.05) is 24.4 Å². The van der Waals surface area contributed by atoms with Gasteiger partial charge in [0.15, 0.2) is 0 Å². The molecule has 3 heteroatoms. The smallest absolute Gasteiger partial charge is 0.134 e. The molecule has 1 aromatic carbocycles. The van der Waals surface area contributed by atoms with Gasteiger partial charge in [0.05, 0.1) is 6.20 Å². The Labute approximate surface area is 82.0 Å². The largest absolute Gasteiger partial charge is 0.275 e. The van der Waals surface area contributed by atoms with Gasteiger partial charge >= 0.3 is 0 Å². The molecule has 0 aliphatic heterocycles. The van der Waals surface area contributed by atoms with E-state index in [0.717, 1.165) is 5.56 Å². The van der Waals surface area contributed by atoms with Gasteiger partial charge in [-0.25, -0.2) is 4.39 Å². The number of benzene rings is 1. The van der Waals surface area contributed by atoms with E-state index in [1.807, 2.05) is 13.1 Å². The van der Waals surface area contributed by atoms with Gasteiger partial charge < -0.3 is 0 Å². The normalized spacial score (nSPS) is 10.5. The van der Waals surface area contributed by atoms with Gasteiger partial charge in [-0.3, -0.25) is 4.68 Å². The number of aryl methyl sites for hydroxylation is 2. The lowest BCUT2D eigenvalue weighted by Gasteiger charge is -2.01. The molecule has 0 bridgehead atoms. The predicted octanol–water partition coefficient (Wildman–Crippen LogP) is 2.53. The second-order valence-electron chi connectivity index (χ2n) is 3.34.